The molecule has 0 spiro atoms. The summed E-state index contributed by atoms with van der Waals surface area (Å²) in [7, 11) is 2.17. The Hall–Kier alpha value is -0.320. The predicted molar refractivity (Wildman–Crippen MR) is 61.3 cm³/mol. The molecule has 2 rings (SSSR count). The van der Waals surface area contributed by atoms with Gasteiger partial charge >= 0.3 is 0 Å². The number of likely N-dealkylation sites (tertiary alicyclic amines) is 1. The predicted octanol–water partition coefficient (Wildman–Crippen LogP) is 2.30. The van der Waals surface area contributed by atoms with Crippen molar-refractivity contribution in [3.63, 3.8) is 0 Å². The summed E-state index contributed by atoms with van der Waals surface area (Å²) in [5.41, 5.74) is 0. The van der Waals surface area contributed by atoms with E-state index in [0.29, 0.717) is 6.04 Å². The monoisotopic (exact) mass is 231 g/mol. The van der Waals surface area contributed by atoms with E-state index < -0.39 is 0 Å². The minimum atomic E-state index is 0.651. The zero-order valence-electron chi connectivity index (χ0n) is 8.16. The van der Waals surface area contributed by atoms with E-state index in [4.69, 9.17) is 11.6 Å². The van der Waals surface area contributed by atoms with Gasteiger partial charge in [0, 0.05) is 12.6 Å². The van der Waals surface area contributed by atoms with Gasteiger partial charge in [0.05, 0.1) is 6.20 Å². The molecule has 1 saturated heterocycles. The SMILES string of the molecule is CN1CCCC1CNc1ncc(Cl)s1. The quantitative estimate of drug-likeness (QED) is 0.866. The van der Waals surface area contributed by atoms with Crippen LogP contribution in [-0.2, 0) is 0 Å². The van der Waals surface area contributed by atoms with E-state index in [1.54, 1.807) is 6.20 Å². The molecule has 1 aliphatic heterocycles. The molecule has 1 aromatic heterocycles. The lowest BCUT2D eigenvalue weighted by Gasteiger charge is -2.19. The average molecular weight is 232 g/mol. The van der Waals surface area contributed by atoms with E-state index >= 15 is 0 Å². The van der Waals surface area contributed by atoms with Crippen LogP contribution in [-0.4, -0.2) is 36.1 Å². The molecule has 14 heavy (non-hydrogen) atoms. The van der Waals surface area contributed by atoms with Crippen LogP contribution in [0.1, 0.15) is 12.8 Å². The van der Waals surface area contributed by atoms with Crippen LogP contribution < -0.4 is 5.32 Å². The highest BCUT2D eigenvalue weighted by molar-refractivity contribution is 7.19. The Morgan fingerprint density at radius 2 is 2.64 bits per heavy atom. The van der Waals surface area contributed by atoms with Gasteiger partial charge in [0.2, 0.25) is 0 Å². The number of rotatable bonds is 3. The molecule has 0 aliphatic carbocycles. The van der Waals surface area contributed by atoms with E-state index in [2.05, 4.69) is 22.2 Å². The number of nitrogens with zero attached hydrogens (tertiary/aromatic N) is 2. The van der Waals surface area contributed by atoms with E-state index in [-0.39, 0.29) is 0 Å². The summed E-state index contributed by atoms with van der Waals surface area (Å²) < 4.78 is 0.743. The average Bonchev–Trinajstić information content (AvgIpc) is 2.72. The van der Waals surface area contributed by atoms with Crippen molar-refractivity contribution < 1.29 is 0 Å². The van der Waals surface area contributed by atoms with Crippen LogP contribution in [0.2, 0.25) is 4.34 Å². The summed E-state index contributed by atoms with van der Waals surface area (Å²) in [6.07, 6.45) is 4.27. The first-order valence-electron chi connectivity index (χ1n) is 4.81. The Morgan fingerprint density at radius 1 is 1.79 bits per heavy atom. The highest BCUT2D eigenvalue weighted by atomic mass is 35.5. The Labute approximate surface area is 93.1 Å². The number of anilines is 1. The first-order valence-corrected chi connectivity index (χ1v) is 6.00. The Bertz CT molecular complexity index is 302. The van der Waals surface area contributed by atoms with Gasteiger partial charge in [0.1, 0.15) is 4.34 Å². The maximum Gasteiger partial charge on any atom is 0.184 e. The first kappa shape index (κ1) is 10.2. The van der Waals surface area contributed by atoms with Crippen LogP contribution in [0, 0.1) is 0 Å². The highest BCUT2D eigenvalue weighted by Gasteiger charge is 2.20. The summed E-state index contributed by atoms with van der Waals surface area (Å²) in [5, 5.41) is 4.25. The summed E-state index contributed by atoms with van der Waals surface area (Å²) in [6.45, 7) is 2.19. The topological polar surface area (TPSA) is 28.2 Å². The molecule has 0 bridgehead atoms. The van der Waals surface area contributed by atoms with Crippen molar-refractivity contribution in [3.8, 4) is 0 Å². The third-order valence-corrected chi connectivity index (χ3v) is 3.71. The molecule has 0 saturated carbocycles. The maximum absolute atomic E-state index is 5.79. The second-order valence-corrected chi connectivity index (χ2v) is 5.29. The summed E-state index contributed by atoms with van der Waals surface area (Å²) >= 11 is 7.29. The van der Waals surface area contributed by atoms with Crippen molar-refractivity contribution >= 4 is 28.1 Å². The summed E-state index contributed by atoms with van der Waals surface area (Å²) in [6, 6.07) is 0.651. The number of nitrogens with one attached hydrogen (secondary N) is 1. The molecule has 0 aromatic carbocycles. The van der Waals surface area contributed by atoms with E-state index in [1.807, 2.05) is 0 Å². The molecule has 1 aromatic rings. The van der Waals surface area contributed by atoms with Crippen molar-refractivity contribution in [2.45, 2.75) is 18.9 Å². The van der Waals surface area contributed by atoms with Crippen molar-refractivity contribution in [2.24, 2.45) is 0 Å². The van der Waals surface area contributed by atoms with Crippen molar-refractivity contribution in [1.29, 1.82) is 0 Å². The third kappa shape index (κ3) is 2.38. The Kier molecular flexibility index (Phi) is 3.26. The first-order chi connectivity index (χ1) is 6.75. The molecule has 1 N–H and O–H groups in total. The molecule has 0 radical (unpaired) electrons. The van der Waals surface area contributed by atoms with Crippen molar-refractivity contribution in [1.82, 2.24) is 9.88 Å². The second kappa shape index (κ2) is 4.47. The van der Waals surface area contributed by atoms with Crippen LogP contribution in [0.5, 0.6) is 0 Å². The number of aromatic nitrogens is 1. The van der Waals surface area contributed by atoms with Gasteiger partial charge < -0.3 is 10.2 Å². The zero-order chi connectivity index (χ0) is 9.97. The minimum Gasteiger partial charge on any atom is -0.360 e. The minimum absolute atomic E-state index is 0.651. The lowest BCUT2D eigenvalue weighted by Crippen LogP contribution is -2.31. The van der Waals surface area contributed by atoms with E-state index in [9.17, 15) is 0 Å². The van der Waals surface area contributed by atoms with Crippen molar-refractivity contribution in [2.75, 3.05) is 25.5 Å². The van der Waals surface area contributed by atoms with Gasteiger partial charge in [-0.2, -0.15) is 0 Å². The summed E-state index contributed by atoms with van der Waals surface area (Å²) in [4.78, 5) is 6.55. The van der Waals surface area contributed by atoms with Crippen LogP contribution >= 0.6 is 22.9 Å². The zero-order valence-corrected chi connectivity index (χ0v) is 9.74. The number of hydrogen-bond donors (Lipinski definition) is 1. The van der Waals surface area contributed by atoms with Crippen LogP contribution in [0.25, 0.3) is 0 Å². The lowest BCUT2D eigenvalue weighted by molar-refractivity contribution is 0.322. The maximum atomic E-state index is 5.79. The molecule has 0 amide bonds. The molecule has 1 fully saturated rings. The normalized spacial score (nSPS) is 22.9. The Balaban J connectivity index is 1.82. The molecule has 5 heteroatoms. The molecular formula is C9H14ClN3S. The standard InChI is InChI=1S/C9H14ClN3S/c1-13-4-2-3-7(13)5-11-9-12-6-8(10)14-9/h6-7H,2-5H2,1H3,(H,11,12). The fourth-order valence-electron chi connectivity index (χ4n) is 1.78. The van der Waals surface area contributed by atoms with Crippen LogP contribution in [0.15, 0.2) is 6.20 Å². The van der Waals surface area contributed by atoms with Gasteiger partial charge in [-0.15, -0.1) is 0 Å². The smallest absolute Gasteiger partial charge is 0.184 e. The number of hydrogen-bond acceptors (Lipinski definition) is 4. The fourth-order valence-corrected chi connectivity index (χ4v) is 2.60. The fraction of sp³-hybridized carbons (Fsp3) is 0.667. The second-order valence-electron chi connectivity index (χ2n) is 3.63. The van der Waals surface area contributed by atoms with Gasteiger partial charge in [0.25, 0.3) is 0 Å². The molecular weight excluding hydrogens is 218 g/mol. The number of halogens is 1. The van der Waals surface area contributed by atoms with Crippen LogP contribution in [0.3, 0.4) is 0 Å². The largest absolute Gasteiger partial charge is 0.360 e. The highest BCUT2D eigenvalue weighted by Crippen LogP contribution is 2.23. The molecule has 1 atom stereocenters. The van der Waals surface area contributed by atoms with E-state index in [1.165, 1.54) is 30.7 Å². The molecule has 78 valence electrons. The molecule has 2 heterocycles. The molecule has 3 nitrogen and oxygen atoms in total. The van der Waals surface area contributed by atoms with Crippen LogP contribution in [0.4, 0.5) is 5.13 Å². The van der Waals surface area contributed by atoms with Crippen molar-refractivity contribution in [3.05, 3.63) is 10.5 Å². The van der Waals surface area contributed by atoms with Gasteiger partial charge in [-0.05, 0) is 26.4 Å². The van der Waals surface area contributed by atoms with Gasteiger partial charge in [-0.3, -0.25) is 0 Å². The Morgan fingerprint density at radius 3 is 3.21 bits per heavy atom. The summed E-state index contributed by atoms with van der Waals surface area (Å²) in [5.74, 6) is 0. The number of thiazole rings is 1. The number of likely N-dealkylation sites (N-methyl/N-ethyl adjacent to an activating group) is 1. The van der Waals surface area contributed by atoms with Gasteiger partial charge in [-0.1, -0.05) is 22.9 Å². The molecule has 1 unspecified atom stereocenters. The van der Waals surface area contributed by atoms with E-state index in [0.717, 1.165) is 16.0 Å². The molecule has 1 aliphatic rings. The van der Waals surface area contributed by atoms with Gasteiger partial charge in [0.15, 0.2) is 5.13 Å². The third-order valence-electron chi connectivity index (χ3n) is 2.64. The lowest BCUT2D eigenvalue weighted by atomic mass is 10.2. The van der Waals surface area contributed by atoms with Gasteiger partial charge in [-0.25, -0.2) is 4.98 Å².